The molecule has 0 bridgehead atoms. The van der Waals surface area contributed by atoms with Gasteiger partial charge in [0, 0.05) is 19.8 Å². The molecule has 2 aliphatic heterocycles. The molecule has 0 saturated carbocycles. The van der Waals surface area contributed by atoms with E-state index in [0.717, 1.165) is 37.6 Å². The molecule has 2 rings (SSSR count). The molecule has 0 spiro atoms. The van der Waals surface area contributed by atoms with Crippen molar-refractivity contribution in [3.63, 3.8) is 0 Å². The first-order valence-electron chi connectivity index (χ1n) is 10.2. The number of ether oxygens (including phenoxy) is 2. The van der Waals surface area contributed by atoms with E-state index in [2.05, 4.69) is 27.7 Å². The van der Waals surface area contributed by atoms with Crippen molar-refractivity contribution in [1.82, 2.24) is 0 Å². The Balaban J connectivity index is 1.66. The highest BCUT2D eigenvalue weighted by molar-refractivity contribution is 4.79. The van der Waals surface area contributed by atoms with Gasteiger partial charge in [-0.05, 0) is 61.7 Å². The maximum Gasteiger partial charge on any atom is 0.0580 e. The van der Waals surface area contributed by atoms with E-state index in [1.165, 1.54) is 57.8 Å². The van der Waals surface area contributed by atoms with Crippen LogP contribution in [0.1, 0.15) is 85.5 Å². The average molecular weight is 325 g/mol. The molecular formula is C21H40O2. The Morgan fingerprint density at radius 1 is 1.04 bits per heavy atom. The van der Waals surface area contributed by atoms with Crippen molar-refractivity contribution in [2.75, 3.05) is 19.8 Å². The summed E-state index contributed by atoms with van der Waals surface area (Å²) in [7, 11) is 0. The molecule has 0 aliphatic carbocycles. The molecule has 0 aromatic rings. The van der Waals surface area contributed by atoms with E-state index >= 15 is 0 Å². The topological polar surface area (TPSA) is 18.5 Å². The second-order valence-electron chi connectivity index (χ2n) is 9.16. The molecule has 2 fully saturated rings. The zero-order valence-corrected chi connectivity index (χ0v) is 16.1. The van der Waals surface area contributed by atoms with Gasteiger partial charge in [-0.3, -0.25) is 0 Å². The highest BCUT2D eigenvalue weighted by Crippen LogP contribution is 2.37. The Labute approximate surface area is 144 Å². The zero-order valence-electron chi connectivity index (χ0n) is 16.1. The molecule has 2 heteroatoms. The standard InChI is InChI=1S/C21H40O2/c1-17(2)5-6-19-8-12-23-20(16-19)15-18(3)7-9-21(4)10-13-22-14-11-21/h17-20H,5-16H2,1-4H3. The van der Waals surface area contributed by atoms with Crippen molar-refractivity contribution in [3.05, 3.63) is 0 Å². The summed E-state index contributed by atoms with van der Waals surface area (Å²) < 4.78 is 11.6. The molecular weight excluding hydrogens is 284 g/mol. The summed E-state index contributed by atoms with van der Waals surface area (Å²) in [4.78, 5) is 0. The van der Waals surface area contributed by atoms with Gasteiger partial charge in [0.25, 0.3) is 0 Å². The van der Waals surface area contributed by atoms with Crippen LogP contribution in [-0.4, -0.2) is 25.9 Å². The zero-order chi connectivity index (χ0) is 16.7. The molecule has 0 radical (unpaired) electrons. The molecule has 3 unspecified atom stereocenters. The molecule has 23 heavy (non-hydrogen) atoms. The largest absolute Gasteiger partial charge is 0.381 e. The summed E-state index contributed by atoms with van der Waals surface area (Å²) in [5, 5.41) is 0. The lowest BCUT2D eigenvalue weighted by molar-refractivity contribution is -0.0257. The van der Waals surface area contributed by atoms with Gasteiger partial charge in [0.05, 0.1) is 6.10 Å². The molecule has 0 N–H and O–H groups in total. The molecule has 136 valence electrons. The van der Waals surface area contributed by atoms with Crippen molar-refractivity contribution in [2.24, 2.45) is 23.2 Å². The number of rotatable bonds is 8. The van der Waals surface area contributed by atoms with Gasteiger partial charge < -0.3 is 9.47 Å². The van der Waals surface area contributed by atoms with Gasteiger partial charge in [-0.15, -0.1) is 0 Å². The van der Waals surface area contributed by atoms with E-state index in [0.29, 0.717) is 11.5 Å². The van der Waals surface area contributed by atoms with E-state index in [1.54, 1.807) is 0 Å². The normalized spacial score (nSPS) is 29.6. The van der Waals surface area contributed by atoms with E-state index in [4.69, 9.17) is 9.47 Å². The maximum atomic E-state index is 6.08. The molecule has 2 nitrogen and oxygen atoms in total. The highest BCUT2D eigenvalue weighted by Gasteiger charge is 2.29. The van der Waals surface area contributed by atoms with Gasteiger partial charge >= 0.3 is 0 Å². The van der Waals surface area contributed by atoms with Gasteiger partial charge in [-0.25, -0.2) is 0 Å². The summed E-state index contributed by atoms with van der Waals surface area (Å²) in [5.41, 5.74) is 0.528. The first-order chi connectivity index (χ1) is 11.0. The fourth-order valence-corrected chi connectivity index (χ4v) is 4.23. The van der Waals surface area contributed by atoms with Crippen LogP contribution < -0.4 is 0 Å². The Morgan fingerprint density at radius 3 is 2.48 bits per heavy atom. The van der Waals surface area contributed by atoms with Crippen molar-refractivity contribution < 1.29 is 9.47 Å². The van der Waals surface area contributed by atoms with Crippen molar-refractivity contribution in [2.45, 2.75) is 91.6 Å². The third kappa shape index (κ3) is 7.13. The van der Waals surface area contributed by atoms with Crippen LogP contribution in [0.3, 0.4) is 0 Å². The van der Waals surface area contributed by atoms with Crippen LogP contribution in [0.4, 0.5) is 0 Å². The minimum atomic E-state index is 0.526. The van der Waals surface area contributed by atoms with Crippen LogP contribution in [0.2, 0.25) is 0 Å². The Morgan fingerprint density at radius 2 is 1.78 bits per heavy atom. The summed E-state index contributed by atoms with van der Waals surface area (Å²) in [6.45, 7) is 12.5. The molecule has 3 atom stereocenters. The molecule has 0 aromatic carbocycles. The summed E-state index contributed by atoms with van der Waals surface area (Å²) in [6.07, 6.45) is 12.4. The predicted molar refractivity (Wildman–Crippen MR) is 97.7 cm³/mol. The second kappa shape index (κ2) is 9.42. The fourth-order valence-electron chi connectivity index (χ4n) is 4.23. The number of hydrogen-bond donors (Lipinski definition) is 0. The third-order valence-electron chi connectivity index (χ3n) is 6.23. The van der Waals surface area contributed by atoms with Gasteiger partial charge in [-0.2, -0.15) is 0 Å². The van der Waals surface area contributed by atoms with E-state index in [-0.39, 0.29) is 0 Å². The van der Waals surface area contributed by atoms with Crippen molar-refractivity contribution >= 4 is 0 Å². The van der Waals surface area contributed by atoms with Crippen molar-refractivity contribution in [3.8, 4) is 0 Å². The minimum Gasteiger partial charge on any atom is -0.381 e. The van der Waals surface area contributed by atoms with Crippen molar-refractivity contribution in [1.29, 1.82) is 0 Å². The van der Waals surface area contributed by atoms with Crippen LogP contribution >= 0.6 is 0 Å². The predicted octanol–water partition coefficient (Wildman–Crippen LogP) is 5.84. The van der Waals surface area contributed by atoms with Crippen LogP contribution in [0, 0.1) is 23.2 Å². The SMILES string of the molecule is CC(C)CCC1CCOC(CC(C)CCC2(C)CCOCC2)C1. The van der Waals surface area contributed by atoms with Gasteiger partial charge in [-0.1, -0.05) is 47.0 Å². The van der Waals surface area contributed by atoms with Gasteiger partial charge in [0.2, 0.25) is 0 Å². The van der Waals surface area contributed by atoms with Crippen LogP contribution in [-0.2, 0) is 9.47 Å². The van der Waals surface area contributed by atoms with Crippen LogP contribution in [0.15, 0.2) is 0 Å². The summed E-state index contributed by atoms with van der Waals surface area (Å²) in [5.74, 6) is 2.55. The third-order valence-corrected chi connectivity index (χ3v) is 6.23. The monoisotopic (exact) mass is 324 g/mol. The Bertz CT molecular complexity index is 320. The molecule has 2 aliphatic rings. The average Bonchev–Trinajstić information content (AvgIpc) is 2.52. The first kappa shape index (κ1) is 19.2. The maximum absolute atomic E-state index is 6.08. The first-order valence-corrected chi connectivity index (χ1v) is 10.2. The second-order valence-corrected chi connectivity index (χ2v) is 9.16. The lowest BCUT2D eigenvalue weighted by atomic mass is 9.76. The summed E-state index contributed by atoms with van der Waals surface area (Å²) >= 11 is 0. The van der Waals surface area contributed by atoms with Gasteiger partial charge in [0.1, 0.15) is 0 Å². The Hall–Kier alpha value is -0.0800. The van der Waals surface area contributed by atoms with E-state index in [9.17, 15) is 0 Å². The molecule has 0 amide bonds. The highest BCUT2D eigenvalue weighted by atomic mass is 16.5. The van der Waals surface area contributed by atoms with Gasteiger partial charge in [0.15, 0.2) is 0 Å². The molecule has 2 heterocycles. The summed E-state index contributed by atoms with van der Waals surface area (Å²) in [6, 6.07) is 0. The lowest BCUT2D eigenvalue weighted by Crippen LogP contribution is -2.29. The van der Waals surface area contributed by atoms with E-state index in [1.807, 2.05) is 0 Å². The lowest BCUT2D eigenvalue weighted by Gasteiger charge is -2.35. The number of hydrogen-bond acceptors (Lipinski definition) is 2. The van der Waals surface area contributed by atoms with E-state index < -0.39 is 0 Å². The fraction of sp³-hybridized carbons (Fsp3) is 1.00. The van der Waals surface area contributed by atoms with Crippen LogP contribution in [0.25, 0.3) is 0 Å². The molecule has 2 saturated heterocycles. The minimum absolute atomic E-state index is 0.526. The van der Waals surface area contributed by atoms with Crippen LogP contribution in [0.5, 0.6) is 0 Å². The quantitative estimate of drug-likeness (QED) is 0.558. The smallest absolute Gasteiger partial charge is 0.0580 e. The molecule has 0 aromatic heterocycles. The Kier molecular flexibility index (Phi) is 7.88.